The SMILES string of the molecule is CCN(C)SNc1ccc(F)c(Oc2ccc3ncn(-c4cnc(N5CCNCC5)nc4)c(=O)c3c2)c1F. The second-order valence-corrected chi connectivity index (χ2v) is 9.56. The van der Waals surface area contributed by atoms with E-state index < -0.39 is 22.9 Å². The van der Waals surface area contributed by atoms with Crippen LogP contribution in [0.15, 0.2) is 53.8 Å². The van der Waals surface area contributed by atoms with Crippen LogP contribution in [0.4, 0.5) is 20.4 Å². The lowest BCUT2D eigenvalue weighted by molar-refractivity contribution is 0.409. The molecule has 10 nitrogen and oxygen atoms in total. The maximum Gasteiger partial charge on any atom is 0.266 e. The Labute approximate surface area is 221 Å². The highest BCUT2D eigenvalue weighted by atomic mass is 32.2. The molecule has 0 bridgehead atoms. The molecule has 3 heterocycles. The van der Waals surface area contributed by atoms with Crippen molar-refractivity contribution in [3.63, 3.8) is 0 Å². The normalized spacial score (nSPS) is 13.8. The molecule has 1 aliphatic rings. The van der Waals surface area contributed by atoms with Crippen molar-refractivity contribution < 1.29 is 13.5 Å². The monoisotopic (exact) mass is 540 g/mol. The molecule has 38 heavy (non-hydrogen) atoms. The molecule has 2 N–H and O–H groups in total. The Kier molecular flexibility index (Phi) is 7.67. The van der Waals surface area contributed by atoms with Crippen LogP contribution < -0.4 is 25.2 Å². The Morgan fingerprint density at radius 2 is 1.89 bits per heavy atom. The lowest BCUT2D eigenvalue weighted by Crippen LogP contribution is -2.44. The minimum Gasteiger partial charge on any atom is -0.451 e. The first-order chi connectivity index (χ1) is 18.4. The molecule has 0 aliphatic carbocycles. The Morgan fingerprint density at radius 3 is 2.63 bits per heavy atom. The summed E-state index contributed by atoms with van der Waals surface area (Å²) in [6.45, 7) is 5.98. The summed E-state index contributed by atoms with van der Waals surface area (Å²) in [7, 11) is 1.83. The molecule has 198 valence electrons. The number of piperazine rings is 1. The first-order valence-electron chi connectivity index (χ1n) is 12.0. The number of benzene rings is 2. The van der Waals surface area contributed by atoms with E-state index in [-0.39, 0.29) is 16.8 Å². The molecule has 0 unspecified atom stereocenters. The number of hydrogen-bond donors (Lipinski definition) is 2. The number of nitrogens with zero attached hydrogens (tertiary/aromatic N) is 6. The van der Waals surface area contributed by atoms with Crippen LogP contribution in [0.2, 0.25) is 0 Å². The Balaban J connectivity index is 1.42. The number of hydrogen-bond acceptors (Lipinski definition) is 10. The first-order valence-corrected chi connectivity index (χ1v) is 12.8. The molecule has 5 rings (SSSR count). The van der Waals surface area contributed by atoms with Gasteiger partial charge in [0.25, 0.3) is 5.56 Å². The van der Waals surface area contributed by atoms with Gasteiger partial charge in [0.05, 0.1) is 34.7 Å². The van der Waals surface area contributed by atoms with Gasteiger partial charge in [0.2, 0.25) is 11.7 Å². The van der Waals surface area contributed by atoms with Crippen molar-refractivity contribution >= 4 is 34.7 Å². The second-order valence-electron chi connectivity index (χ2n) is 8.55. The third-order valence-corrected chi connectivity index (χ3v) is 6.94. The summed E-state index contributed by atoms with van der Waals surface area (Å²) in [5.74, 6) is -1.64. The number of fused-ring (bicyclic) bond motifs is 1. The van der Waals surface area contributed by atoms with Gasteiger partial charge in [0.1, 0.15) is 12.1 Å². The summed E-state index contributed by atoms with van der Waals surface area (Å²) in [5.41, 5.74) is 0.530. The fraction of sp³-hybridized carbons (Fsp3) is 0.280. The van der Waals surface area contributed by atoms with Crippen molar-refractivity contribution in [2.24, 2.45) is 0 Å². The van der Waals surface area contributed by atoms with E-state index in [2.05, 4.69) is 29.9 Å². The van der Waals surface area contributed by atoms with Crippen LogP contribution in [-0.2, 0) is 0 Å². The van der Waals surface area contributed by atoms with Gasteiger partial charge < -0.3 is 19.7 Å². The summed E-state index contributed by atoms with van der Waals surface area (Å²) in [6, 6.07) is 6.89. The lowest BCUT2D eigenvalue weighted by Gasteiger charge is -2.27. The number of halogens is 2. The molecule has 1 aliphatic heterocycles. The topological polar surface area (TPSA) is 100 Å². The van der Waals surface area contributed by atoms with Crippen molar-refractivity contribution in [2.45, 2.75) is 6.92 Å². The van der Waals surface area contributed by atoms with Gasteiger partial charge >= 0.3 is 0 Å². The fourth-order valence-electron chi connectivity index (χ4n) is 3.83. The van der Waals surface area contributed by atoms with Crippen molar-refractivity contribution in [1.82, 2.24) is 29.1 Å². The zero-order valence-electron chi connectivity index (χ0n) is 20.8. The summed E-state index contributed by atoms with van der Waals surface area (Å²) < 4.78 is 41.2. The zero-order valence-corrected chi connectivity index (χ0v) is 21.6. The van der Waals surface area contributed by atoms with Crippen LogP contribution in [0.1, 0.15) is 6.92 Å². The van der Waals surface area contributed by atoms with E-state index in [1.165, 1.54) is 41.2 Å². The van der Waals surface area contributed by atoms with Gasteiger partial charge in [-0.3, -0.25) is 9.36 Å². The minimum atomic E-state index is -0.882. The smallest absolute Gasteiger partial charge is 0.266 e. The molecule has 0 radical (unpaired) electrons. The maximum absolute atomic E-state index is 15.1. The van der Waals surface area contributed by atoms with Gasteiger partial charge in [0.15, 0.2) is 11.6 Å². The summed E-state index contributed by atoms with van der Waals surface area (Å²) in [5, 5.41) is 3.49. The molecule has 1 saturated heterocycles. The summed E-state index contributed by atoms with van der Waals surface area (Å²) >= 11 is 1.17. The number of anilines is 2. The Morgan fingerprint density at radius 1 is 1.13 bits per heavy atom. The number of aromatic nitrogens is 4. The summed E-state index contributed by atoms with van der Waals surface area (Å²) in [6.07, 6.45) is 4.53. The van der Waals surface area contributed by atoms with E-state index in [9.17, 15) is 9.18 Å². The van der Waals surface area contributed by atoms with E-state index in [4.69, 9.17) is 4.74 Å². The van der Waals surface area contributed by atoms with Gasteiger partial charge in [0, 0.05) is 44.9 Å². The quantitative estimate of drug-likeness (QED) is 0.323. The molecule has 4 aromatic rings. The van der Waals surface area contributed by atoms with Crippen molar-refractivity contribution in [3.05, 3.63) is 71.0 Å². The average Bonchev–Trinajstić information content (AvgIpc) is 2.95. The van der Waals surface area contributed by atoms with Gasteiger partial charge in [-0.2, -0.15) is 0 Å². The second kappa shape index (κ2) is 11.3. The van der Waals surface area contributed by atoms with Crippen molar-refractivity contribution in [3.8, 4) is 17.2 Å². The van der Waals surface area contributed by atoms with Crippen LogP contribution in [0.3, 0.4) is 0 Å². The van der Waals surface area contributed by atoms with Crippen LogP contribution in [0.25, 0.3) is 16.6 Å². The Bertz CT molecular complexity index is 1500. The minimum absolute atomic E-state index is 0.0702. The first kappa shape index (κ1) is 25.8. The van der Waals surface area contributed by atoms with E-state index >= 15 is 4.39 Å². The van der Waals surface area contributed by atoms with Gasteiger partial charge in [-0.15, -0.1) is 0 Å². The third-order valence-electron chi connectivity index (χ3n) is 6.06. The molecule has 0 atom stereocenters. The average molecular weight is 541 g/mol. The van der Waals surface area contributed by atoms with E-state index in [1.807, 2.05) is 18.3 Å². The van der Waals surface area contributed by atoms with Gasteiger partial charge in [-0.1, -0.05) is 6.92 Å². The predicted molar refractivity (Wildman–Crippen MR) is 144 cm³/mol. The highest BCUT2D eigenvalue weighted by molar-refractivity contribution is 7.98. The van der Waals surface area contributed by atoms with E-state index in [0.717, 1.165) is 38.8 Å². The molecule has 1 fully saturated rings. The molecule has 2 aromatic heterocycles. The summed E-state index contributed by atoms with van der Waals surface area (Å²) in [4.78, 5) is 28.5. The van der Waals surface area contributed by atoms with Crippen LogP contribution in [-0.4, -0.2) is 63.6 Å². The molecule has 0 spiro atoms. The zero-order chi connectivity index (χ0) is 26.6. The van der Waals surface area contributed by atoms with Gasteiger partial charge in [-0.05, 0) is 37.4 Å². The molecule has 0 amide bonds. The molecule has 13 heteroatoms. The molecule has 0 saturated carbocycles. The number of nitrogens with one attached hydrogen (secondary N) is 2. The van der Waals surface area contributed by atoms with Crippen LogP contribution in [0, 0.1) is 11.6 Å². The van der Waals surface area contributed by atoms with Crippen molar-refractivity contribution in [2.75, 3.05) is 49.4 Å². The lowest BCUT2D eigenvalue weighted by atomic mass is 10.2. The van der Waals surface area contributed by atoms with Crippen LogP contribution >= 0.6 is 12.1 Å². The molecule has 2 aromatic carbocycles. The number of rotatable bonds is 8. The highest BCUT2D eigenvalue weighted by Crippen LogP contribution is 2.33. The molecular formula is C25H26F2N8O2S. The highest BCUT2D eigenvalue weighted by Gasteiger charge is 2.18. The van der Waals surface area contributed by atoms with E-state index in [0.29, 0.717) is 17.2 Å². The predicted octanol–water partition coefficient (Wildman–Crippen LogP) is 3.58. The van der Waals surface area contributed by atoms with E-state index in [1.54, 1.807) is 18.5 Å². The largest absolute Gasteiger partial charge is 0.451 e. The molecular weight excluding hydrogens is 514 g/mol. The maximum atomic E-state index is 15.1. The number of ether oxygens (including phenoxy) is 1. The van der Waals surface area contributed by atoms with Crippen LogP contribution in [0.5, 0.6) is 11.5 Å². The Hall–Kier alpha value is -3.81. The standard InChI is InChI=1S/C25H26F2N8O2S/c1-3-33(2)38-32-21-7-5-19(26)23(22(21)27)37-17-4-6-20-18(12-17)24(36)35(15-31-20)16-13-29-25(30-14-16)34-10-8-28-9-11-34/h4-7,12-15,28,32H,3,8-11H2,1-2H3. The van der Waals surface area contributed by atoms with Gasteiger partial charge in [-0.25, -0.2) is 28.0 Å². The fourth-order valence-corrected chi connectivity index (χ4v) is 4.37. The van der Waals surface area contributed by atoms with Crippen molar-refractivity contribution in [1.29, 1.82) is 0 Å². The third kappa shape index (κ3) is 5.39.